The van der Waals surface area contributed by atoms with Gasteiger partial charge in [0.1, 0.15) is 5.75 Å². The van der Waals surface area contributed by atoms with E-state index < -0.39 is 0 Å². The van der Waals surface area contributed by atoms with Crippen LogP contribution in [0.4, 0.5) is 15.6 Å². The van der Waals surface area contributed by atoms with E-state index >= 15 is 0 Å². The molecule has 0 bridgehead atoms. The van der Waals surface area contributed by atoms with Gasteiger partial charge in [0.05, 0.1) is 19.4 Å². The molecule has 1 aliphatic heterocycles. The standard InChI is InChI=1S/C26H33N5O3S/c1-26(2,20-5-7-21(34-3)8-6-20)23-17-35-25(29-23)30-24(33)28-15-18-4-9-22(19(14-18)16-32)31-12-10-27-11-13-31/h4-9,14,17,27,32H,10-13,15-16H2,1-3H3,(H2,28,29,30,33). The maximum absolute atomic E-state index is 12.5. The van der Waals surface area contributed by atoms with Crippen molar-refractivity contribution in [1.82, 2.24) is 15.6 Å². The van der Waals surface area contributed by atoms with Gasteiger partial charge >= 0.3 is 6.03 Å². The molecule has 35 heavy (non-hydrogen) atoms. The molecule has 0 spiro atoms. The van der Waals surface area contributed by atoms with Gasteiger partial charge in [-0.25, -0.2) is 9.78 Å². The predicted octanol–water partition coefficient (Wildman–Crippen LogP) is 3.70. The van der Waals surface area contributed by atoms with Gasteiger partial charge in [-0.15, -0.1) is 11.3 Å². The fourth-order valence-corrected chi connectivity index (χ4v) is 5.06. The fraction of sp³-hybridized carbons (Fsp3) is 0.385. The normalized spacial score (nSPS) is 14.0. The molecule has 0 unspecified atom stereocenters. The first kappa shape index (κ1) is 25.0. The first-order chi connectivity index (χ1) is 16.9. The lowest BCUT2D eigenvalue weighted by molar-refractivity contribution is 0.251. The van der Waals surface area contributed by atoms with Crippen LogP contribution in [0, 0.1) is 0 Å². The molecule has 0 aliphatic carbocycles. The van der Waals surface area contributed by atoms with Gasteiger partial charge in [0.15, 0.2) is 5.13 Å². The van der Waals surface area contributed by atoms with E-state index in [0.29, 0.717) is 11.7 Å². The lowest BCUT2D eigenvalue weighted by atomic mass is 9.82. The highest BCUT2D eigenvalue weighted by molar-refractivity contribution is 7.13. The number of nitrogens with zero attached hydrogens (tertiary/aromatic N) is 2. The zero-order valence-electron chi connectivity index (χ0n) is 20.4. The molecule has 2 amide bonds. The minimum Gasteiger partial charge on any atom is -0.497 e. The van der Waals surface area contributed by atoms with Crippen LogP contribution in [0.5, 0.6) is 5.75 Å². The number of methoxy groups -OCH3 is 1. The second-order valence-corrected chi connectivity index (χ2v) is 9.92. The zero-order valence-corrected chi connectivity index (χ0v) is 21.2. The summed E-state index contributed by atoms with van der Waals surface area (Å²) in [6.45, 7) is 8.23. The number of amides is 2. The quantitative estimate of drug-likeness (QED) is 0.380. The van der Waals surface area contributed by atoms with Crippen LogP contribution in [0.2, 0.25) is 0 Å². The van der Waals surface area contributed by atoms with Crippen molar-refractivity contribution >= 4 is 28.2 Å². The van der Waals surface area contributed by atoms with Gasteiger partial charge in [-0.1, -0.05) is 32.0 Å². The van der Waals surface area contributed by atoms with Crippen molar-refractivity contribution in [2.45, 2.75) is 32.4 Å². The van der Waals surface area contributed by atoms with Crippen LogP contribution in [-0.2, 0) is 18.6 Å². The van der Waals surface area contributed by atoms with Gasteiger partial charge in [-0.2, -0.15) is 0 Å². The summed E-state index contributed by atoms with van der Waals surface area (Å²) >= 11 is 1.40. The number of benzene rings is 2. The van der Waals surface area contributed by atoms with Crippen molar-refractivity contribution in [3.8, 4) is 5.75 Å². The number of ether oxygens (including phenoxy) is 1. The molecule has 1 aromatic heterocycles. The molecule has 8 nitrogen and oxygen atoms in total. The highest BCUT2D eigenvalue weighted by Gasteiger charge is 2.26. The Morgan fingerprint density at radius 2 is 1.94 bits per heavy atom. The van der Waals surface area contributed by atoms with Gasteiger partial charge in [-0.05, 0) is 35.4 Å². The number of anilines is 2. The third-order valence-electron chi connectivity index (χ3n) is 6.40. The van der Waals surface area contributed by atoms with Crippen LogP contribution < -0.4 is 25.6 Å². The molecule has 186 valence electrons. The van der Waals surface area contributed by atoms with Gasteiger partial charge in [0, 0.05) is 54.8 Å². The summed E-state index contributed by atoms with van der Waals surface area (Å²) in [6.07, 6.45) is 0. The Labute approximate surface area is 210 Å². The summed E-state index contributed by atoms with van der Waals surface area (Å²) in [5, 5.41) is 21.5. The second-order valence-electron chi connectivity index (χ2n) is 9.06. The number of nitrogens with one attached hydrogen (secondary N) is 3. The summed E-state index contributed by atoms with van der Waals surface area (Å²) in [5.74, 6) is 0.811. The van der Waals surface area contributed by atoms with E-state index in [4.69, 9.17) is 4.74 Å². The van der Waals surface area contributed by atoms with E-state index in [0.717, 1.165) is 60.0 Å². The van der Waals surface area contributed by atoms with Crippen LogP contribution in [0.3, 0.4) is 0 Å². The molecule has 0 saturated carbocycles. The summed E-state index contributed by atoms with van der Waals surface area (Å²) in [7, 11) is 1.65. The number of piperazine rings is 1. The van der Waals surface area contributed by atoms with E-state index in [2.05, 4.69) is 39.7 Å². The van der Waals surface area contributed by atoms with Crippen LogP contribution >= 0.6 is 11.3 Å². The second kappa shape index (κ2) is 11.1. The van der Waals surface area contributed by atoms with E-state index in [-0.39, 0.29) is 18.1 Å². The Hall–Kier alpha value is -3.14. The number of aromatic nitrogens is 1. The minimum atomic E-state index is -0.315. The fourth-order valence-electron chi connectivity index (χ4n) is 4.19. The highest BCUT2D eigenvalue weighted by Crippen LogP contribution is 2.34. The van der Waals surface area contributed by atoms with Crippen LogP contribution in [-0.4, -0.2) is 49.4 Å². The maximum Gasteiger partial charge on any atom is 0.321 e. The SMILES string of the molecule is COc1ccc(C(C)(C)c2csc(NC(=O)NCc3ccc(N4CCNCC4)c(CO)c3)n2)cc1. The lowest BCUT2D eigenvalue weighted by Gasteiger charge is -2.31. The molecule has 1 saturated heterocycles. The van der Waals surface area contributed by atoms with Crippen LogP contribution in [0.1, 0.15) is 36.2 Å². The number of hydrogen-bond acceptors (Lipinski definition) is 7. The molecule has 2 heterocycles. The van der Waals surface area contributed by atoms with Crippen molar-refractivity contribution in [2.24, 2.45) is 0 Å². The van der Waals surface area contributed by atoms with Crippen molar-refractivity contribution < 1.29 is 14.6 Å². The number of aliphatic hydroxyl groups excluding tert-OH is 1. The molecule has 1 aliphatic rings. The van der Waals surface area contributed by atoms with Crippen LogP contribution in [0.15, 0.2) is 47.8 Å². The monoisotopic (exact) mass is 495 g/mol. The van der Waals surface area contributed by atoms with E-state index in [1.807, 2.05) is 47.8 Å². The van der Waals surface area contributed by atoms with Crippen molar-refractivity contribution in [3.05, 3.63) is 70.2 Å². The van der Waals surface area contributed by atoms with E-state index in [1.54, 1.807) is 7.11 Å². The number of hydrogen-bond donors (Lipinski definition) is 4. The zero-order chi connectivity index (χ0) is 24.8. The van der Waals surface area contributed by atoms with Gasteiger partial charge in [0.25, 0.3) is 0 Å². The van der Waals surface area contributed by atoms with Gasteiger partial charge in [0.2, 0.25) is 0 Å². The number of aliphatic hydroxyl groups is 1. The minimum absolute atomic E-state index is 0.0365. The lowest BCUT2D eigenvalue weighted by Crippen LogP contribution is -2.43. The van der Waals surface area contributed by atoms with Crippen molar-refractivity contribution in [1.29, 1.82) is 0 Å². The number of thiazole rings is 1. The molecular formula is C26H33N5O3S. The van der Waals surface area contributed by atoms with E-state index in [9.17, 15) is 9.90 Å². The Morgan fingerprint density at radius 3 is 2.63 bits per heavy atom. The van der Waals surface area contributed by atoms with Crippen molar-refractivity contribution in [2.75, 3.05) is 43.5 Å². The number of urea groups is 1. The summed E-state index contributed by atoms with van der Waals surface area (Å²) in [5.41, 5.74) is 4.55. The predicted molar refractivity (Wildman–Crippen MR) is 141 cm³/mol. The average molecular weight is 496 g/mol. The molecule has 0 atom stereocenters. The van der Waals surface area contributed by atoms with Gasteiger partial charge < -0.3 is 25.4 Å². The Balaban J connectivity index is 1.35. The molecule has 1 fully saturated rings. The third kappa shape index (κ3) is 5.93. The number of carbonyl (C=O) groups excluding carboxylic acids is 1. The largest absolute Gasteiger partial charge is 0.497 e. The Morgan fingerprint density at radius 1 is 1.20 bits per heavy atom. The molecule has 4 rings (SSSR count). The molecule has 0 radical (unpaired) electrons. The maximum atomic E-state index is 12.5. The summed E-state index contributed by atoms with van der Waals surface area (Å²) in [6, 6.07) is 13.6. The molecule has 3 aromatic rings. The van der Waals surface area contributed by atoms with Gasteiger partial charge in [-0.3, -0.25) is 5.32 Å². The Kier molecular flexibility index (Phi) is 7.90. The van der Waals surface area contributed by atoms with Crippen LogP contribution in [0.25, 0.3) is 0 Å². The third-order valence-corrected chi connectivity index (χ3v) is 7.16. The number of rotatable bonds is 8. The molecular weight excluding hydrogens is 462 g/mol. The number of carbonyl (C=O) groups is 1. The topological polar surface area (TPSA) is 98.8 Å². The first-order valence-electron chi connectivity index (χ1n) is 11.7. The molecule has 9 heteroatoms. The van der Waals surface area contributed by atoms with E-state index in [1.165, 1.54) is 11.3 Å². The summed E-state index contributed by atoms with van der Waals surface area (Å²) < 4.78 is 5.25. The Bertz CT molecular complexity index is 1140. The van der Waals surface area contributed by atoms with Crippen molar-refractivity contribution in [3.63, 3.8) is 0 Å². The smallest absolute Gasteiger partial charge is 0.321 e. The summed E-state index contributed by atoms with van der Waals surface area (Å²) in [4.78, 5) is 19.5. The average Bonchev–Trinajstić information content (AvgIpc) is 3.37. The molecule has 2 aromatic carbocycles. The first-order valence-corrected chi connectivity index (χ1v) is 12.6. The molecule has 4 N–H and O–H groups in total. The highest BCUT2D eigenvalue weighted by atomic mass is 32.1.